The molecular weight excluding hydrogens is 459 g/mol. The van der Waals surface area contributed by atoms with E-state index in [4.69, 9.17) is 14.0 Å². The van der Waals surface area contributed by atoms with E-state index in [0.717, 1.165) is 18.3 Å². The lowest BCUT2D eigenvalue weighted by atomic mass is 9.78. The van der Waals surface area contributed by atoms with Gasteiger partial charge in [0.05, 0.1) is 16.6 Å². The minimum Gasteiger partial charge on any atom is -0.426 e. The Morgan fingerprint density at radius 1 is 0.757 bits per heavy atom. The predicted octanol–water partition coefficient (Wildman–Crippen LogP) is 8.57. The summed E-state index contributed by atoms with van der Waals surface area (Å²) in [5.41, 5.74) is 0.709. The van der Waals surface area contributed by atoms with Crippen molar-refractivity contribution < 1.29 is 18.8 Å². The van der Waals surface area contributed by atoms with Crippen LogP contribution in [-0.4, -0.2) is 24.3 Å². The van der Waals surface area contributed by atoms with Crippen molar-refractivity contribution in [1.82, 2.24) is 0 Å². The summed E-state index contributed by atoms with van der Waals surface area (Å²) in [6.07, 6.45) is 18.5. The first-order valence-electron chi connectivity index (χ1n) is 15.1. The smallest absolute Gasteiger partial charge is 0.426 e. The second kappa shape index (κ2) is 14.7. The Bertz CT molecular complexity index is 809. The quantitative estimate of drug-likeness (QED) is 0.0959. The van der Waals surface area contributed by atoms with Gasteiger partial charge in [-0.1, -0.05) is 90.0 Å². The first kappa shape index (κ1) is 31.9. The normalized spacial score (nSPS) is 16.8. The fraction of sp³-hybridized carbons (Fsp3) is 0.781. The third-order valence-corrected chi connectivity index (χ3v) is 7.91. The Morgan fingerprint density at radius 2 is 1.22 bits per heavy atom. The first-order chi connectivity index (χ1) is 17.4. The topological polar surface area (TPSA) is 44.8 Å². The van der Waals surface area contributed by atoms with Gasteiger partial charge in [-0.05, 0) is 84.5 Å². The SMILES string of the molecule is CCCCCCCCCCCCCCCc1cc(OC(=O)C(C)(C)C)cc(B2OC(C)(C)C(C)(C)O2)c1. The molecule has 0 spiro atoms. The molecule has 0 amide bonds. The number of hydrogen-bond acceptors (Lipinski definition) is 4. The average molecular weight is 515 g/mol. The zero-order chi connectivity index (χ0) is 27.5. The van der Waals surface area contributed by atoms with Gasteiger partial charge in [0.25, 0.3) is 0 Å². The van der Waals surface area contributed by atoms with Crippen molar-refractivity contribution in [2.24, 2.45) is 5.41 Å². The van der Waals surface area contributed by atoms with Gasteiger partial charge in [0.15, 0.2) is 0 Å². The molecule has 0 radical (unpaired) electrons. The molecule has 1 heterocycles. The van der Waals surface area contributed by atoms with Crippen molar-refractivity contribution in [1.29, 1.82) is 0 Å². The summed E-state index contributed by atoms with van der Waals surface area (Å²) in [7, 11) is -0.469. The van der Waals surface area contributed by atoms with E-state index in [1.807, 2.05) is 32.9 Å². The van der Waals surface area contributed by atoms with Gasteiger partial charge in [0.2, 0.25) is 0 Å². The van der Waals surface area contributed by atoms with E-state index in [2.05, 4.69) is 40.7 Å². The van der Waals surface area contributed by atoms with Gasteiger partial charge in [-0.25, -0.2) is 0 Å². The largest absolute Gasteiger partial charge is 0.494 e. The summed E-state index contributed by atoms with van der Waals surface area (Å²) in [4.78, 5) is 12.6. The van der Waals surface area contributed by atoms with Crippen molar-refractivity contribution in [3.8, 4) is 5.75 Å². The molecule has 0 bridgehead atoms. The summed E-state index contributed by atoms with van der Waals surface area (Å²) in [6.45, 7) is 16.2. The summed E-state index contributed by atoms with van der Waals surface area (Å²) >= 11 is 0. The van der Waals surface area contributed by atoms with Crippen LogP contribution >= 0.6 is 0 Å². The van der Waals surface area contributed by atoms with Crippen LogP contribution in [0.1, 0.15) is 144 Å². The van der Waals surface area contributed by atoms with Gasteiger partial charge in [-0.3, -0.25) is 4.79 Å². The fourth-order valence-electron chi connectivity index (χ4n) is 4.61. The highest BCUT2D eigenvalue weighted by atomic mass is 16.7. The van der Waals surface area contributed by atoms with Crippen molar-refractivity contribution in [2.75, 3.05) is 0 Å². The van der Waals surface area contributed by atoms with E-state index in [-0.39, 0.29) is 5.97 Å². The molecule has 4 nitrogen and oxygen atoms in total. The molecule has 1 saturated heterocycles. The number of benzene rings is 1. The third-order valence-electron chi connectivity index (χ3n) is 7.91. The van der Waals surface area contributed by atoms with E-state index < -0.39 is 23.7 Å². The number of hydrogen-bond donors (Lipinski definition) is 0. The van der Waals surface area contributed by atoms with Crippen LogP contribution in [-0.2, 0) is 20.5 Å². The molecule has 1 aromatic carbocycles. The van der Waals surface area contributed by atoms with Crippen LogP contribution in [0.25, 0.3) is 0 Å². The second-order valence-electron chi connectivity index (χ2n) is 13.1. The Balaban J connectivity index is 1.85. The van der Waals surface area contributed by atoms with Gasteiger partial charge >= 0.3 is 13.1 Å². The minimum absolute atomic E-state index is 0.231. The first-order valence-corrected chi connectivity index (χ1v) is 15.1. The number of rotatable bonds is 16. The lowest BCUT2D eigenvalue weighted by molar-refractivity contribution is -0.142. The highest BCUT2D eigenvalue weighted by Crippen LogP contribution is 2.37. The Morgan fingerprint density at radius 3 is 1.68 bits per heavy atom. The molecule has 1 aliphatic heterocycles. The summed E-state index contributed by atoms with van der Waals surface area (Å²) in [5.74, 6) is 0.349. The molecule has 1 aliphatic rings. The van der Waals surface area contributed by atoms with Gasteiger partial charge in [-0.2, -0.15) is 0 Å². The highest BCUT2D eigenvalue weighted by molar-refractivity contribution is 6.62. The summed E-state index contributed by atoms with van der Waals surface area (Å²) in [5, 5.41) is 0. The molecule has 2 rings (SSSR count). The van der Waals surface area contributed by atoms with E-state index >= 15 is 0 Å². The lowest BCUT2D eigenvalue weighted by Crippen LogP contribution is -2.41. The molecule has 5 heteroatoms. The van der Waals surface area contributed by atoms with Gasteiger partial charge in [0, 0.05) is 0 Å². The molecule has 0 aromatic heterocycles. The number of unbranched alkanes of at least 4 members (excludes halogenated alkanes) is 12. The Labute approximate surface area is 228 Å². The number of carbonyl (C=O) groups excluding carboxylic acids is 1. The predicted molar refractivity (Wildman–Crippen MR) is 157 cm³/mol. The monoisotopic (exact) mass is 514 g/mol. The van der Waals surface area contributed by atoms with Crippen LogP contribution in [0, 0.1) is 5.41 Å². The molecule has 0 saturated carbocycles. The van der Waals surface area contributed by atoms with Crippen molar-refractivity contribution in [2.45, 2.75) is 156 Å². The maximum Gasteiger partial charge on any atom is 0.494 e. The zero-order valence-electron chi connectivity index (χ0n) is 25.3. The summed E-state index contributed by atoms with van der Waals surface area (Å²) < 4.78 is 18.4. The number of ether oxygens (including phenoxy) is 1. The molecule has 1 fully saturated rings. The highest BCUT2D eigenvalue weighted by Gasteiger charge is 2.51. The lowest BCUT2D eigenvalue weighted by Gasteiger charge is -2.32. The molecule has 1 aromatic rings. The van der Waals surface area contributed by atoms with Gasteiger partial charge in [-0.15, -0.1) is 0 Å². The number of aryl methyl sites for hydroxylation is 1. The molecule has 0 N–H and O–H groups in total. The van der Waals surface area contributed by atoms with Crippen LogP contribution in [0.3, 0.4) is 0 Å². The maximum absolute atomic E-state index is 12.6. The van der Waals surface area contributed by atoms with E-state index in [9.17, 15) is 4.79 Å². The van der Waals surface area contributed by atoms with Crippen LogP contribution < -0.4 is 10.2 Å². The van der Waals surface area contributed by atoms with Crippen molar-refractivity contribution in [3.05, 3.63) is 23.8 Å². The van der Waals surface area contributed by atoms with Crippen LogP contribution in [0.5, 0.6) is 5.75 Å². The van der Waals surface area contributed by atoms with Crippen molar-refractivity contribution >= 4 is 18.6 Å². The average Bonchev–Trinajstić information content (AvgIpc) is 3.03. The molecule has 0 unspecified atom stereocenters. The maximum atomic E-state index is 12.6. The Kier molecular flexibility index (Phi) is 12.7. The van der Waals surface area contributed by atoms with Crippen LogP contribution in [0.2, 0.25) is 0 Å². The number of esters is 1. The molecule has 37 heavy (non-hydrogen) atoms. The Hall–Kier alpha value is -1.33. The van der Waals surface area contributed by atoms with Gasteiger partial charge in [0.1, 0.15) is 5.75 Å². The van der Waals surface area contributed by atoms with E-state index in [1.165, 1.54) is 82.6 Å². The molecule has 210 valence electrons. The zero-order valence-corrected chi connectivity index (χ0v) is 25.3. The third kappa shape index (κ3) is 10.8. The minimum atomic E-state index is -0.560. The van der Waals surface area contributed by atoms with Crippen molar-refractivity contribution in [3.63, 3.8) is 0 Å². The molecule has 0 atom stereocenters. The van der Waals surface area contributed by atoms with Crippen LogP contribution in [0.15, 0.2) is 18.2 Å². The molecular formula is C32H55BO4. The molecule has 0 aliphatic carbocycles. The van der Waals surface area contributed by atoms with Gasteiger partial charge < -0.3 is 14.0 Å². The summed E-state index contributed by atoms with van der Waals surface area (Å²) in [6, 6.07) is 6.08. The fourth-order valence-corrected chi connectivity index (χ4v) is 4.61. The number of carbonyl (C=O) groups is 1. The van der Waals surface area contributed by atoms with E-state index in [0.29, 0.717) is 5.75 Å². The standard InChI is InChI=1S/C32H55BO4/c1-9-10-11-12-13-14-15-16-17-18-19-20-21-22-26-23-27(33-36-31(5,6)32(7,8)37-33)25-28(24-26)35-29(34)30(2,3)4/h23-25H,9-22H2,1-8H3. The van der Waals surface area contributed by atoms with Crippen LogP contribution in [0.4, 0.5) is 0 Å². The van der Waals surface area contributed by atoms with E-state index in [1.54, 1.807) is 0 Å². The second-order valence-corrected chi connectivity index (χ2v) is 13.1.